The summed E-state index contributed by atoms with van der Waals surface area (Å²) >= 11 is 0. The molecule has 180 valence electrons. The van der Waals surface area contributed by atoms with Crippen molar-refractivity contribution in [2.45, 2.75) is 130 Å². The van der Waals surface area contributed by atoms with Crippen molar-refractivity contribution in [3.05, 3.63) is 0 Å². The van der Waals surface area contributed by atoms with Gasteiger partial charge < -0.3 is 14.2 Å². The van der Waals surface area contributed by atoms with Gasteiger partial charge in [-0.1, -0.05) is 34.1 Å². The average Bonchev–Trinajstić information content (AvgIpc) is 2.86. The number of hydrogen-bond donors (Lipinski definition) is 0. The molecule has 0 amide bonds. The molecule has 0 radical (unpaired) electrons. The van der Waals surface area contributed by atoms with E-state index in [1.165, 1.54) is 0 Å². The Labute approximate surface area is 188 Å². The van der Waals surface area contributed by atoms with Crippen LogP contribution in [0.15, 0.2) is 0 Å². The van der Waals surface area contributed by atoms with E-state index >= 15 is 0 Å². The van der Waals surface area contributed by atoms with Crippen molar-refractivity contribution in [2.75, 3.05) is 0 Å². The van der Waals surface area contributed by atoms with Gasteiger partial charge in [0.25, 0.3) is 0 Å². The fraction of sp³-hybridized carbons (Fsp3) is 0.880. The molecule has 0 N–H and O–H groups in total. The van der Waals surface area contributed by atoms with Crippen molar-refractivity contribution in [1.29, 1.82) is 0 Å². The molecule has 0 aromatic carbocycles. The first-order chi connectivity index (χ1) is 14.6. The van der Waals surface area contributed by atoms with Crippen LogP contribution in [0.1, 0.15) is 113 Å². The van der Waals surface area contributed by atoms with Crippen LogP contribution in [0.3, 0.4) is 0 Å². The molecule has 31 heavy (non-hydrogen) atoms. The van der Waals surface area contributed by atoms with Gasteiger partial charge in [-0.15, -0.1) is 0 Å². The minimum absolute atomic E-state index is 0.128. The maximum absolute atomic E-state index is 12.6. The first kappa shape index (κ1) is 27.4. The van der Waals surface area contributed by atoms with Gasteiger partial charge in [-0.05, 0) is 78.6 Å². The van der Waals surface area contributed by atoms with Gasteiger partial charge >= 0.3 is 17.9 Å². The van der Waals surface area contributed by atoms with Crippen LogP contribution in [0, 0.1) is 11.3 Å². The Balaban J connectivity index is 0.00000233. The molecular weight excluding hydrogens is 396 g/mol. The highest BCUT2D eigenvalue weighted by Crippen LogP contribution is 2.34. The van der Waals surface area contributed by atoms with Crippen molar-refractivity contribution in [3.63, 3.8) is 0 Å². The first-order valence-corrected chi connectivity index (χ1v) is 12.2. The Morgan fingerprint density at radius 1 is 1.06 bits per heavy atom. The molecule has 2 unspecified atom stereocenters. The summed E-state index contributed by atoms with van der Waals surface area (Å²) in [5.41, 5.74) is -0.941. The van der Waals surface area contributed by atoms with E-state index in [1.54, 1.807) is 0 Å². The smallest absolute Gasteiger partial charge is 0.347 e. The van der Waals surface area contributed by atoms with E-state index in [9.17, 15) is 14.4 Å². The lowest BCUT2D eigenvalue weighted by atomic mass is 9.82. The molecule has 1 aliphatic heterocycles. The largest absolute Gasteiger partial charge is 0.462 e. The van der Waals surface area contributed by atoms with E-state index in [2.05, 4.69) is 6.92 Å². The fourth-order valence-electron chi connectivity index (χ4n) is 4.25. The van der Waals surface area contributed by atoms with Crippen molar-refractivity contribution in [1.82, 2.24) is 0 Å². The van der Waals surface area contributed by atoms with Crippen molar-refractivity contribution >= 4 is 17.9 Å². The van der Waals surface area contributed by atoms with Crippen molar-refractivity contribution in [2.24, 2.45) is 11.3 Å². The molecule has 1 saturated heterocycles. The molecule has 2 atom stereocenters. The summed E-state index contributed by atoms with van der Waals surface area (Å²) in [7, 11) is 0. The van der Waals surface area contributed by atoms with Gasteiger partial charge in [0, 0.05) is 0 Å². The Morgan fingerprint density at radius 2 is 1.68 bits per heavy atom. The van der Waals surface area contributed by atoms with Gasteiger partial charge in [-0.2, -0.15) is 0 Å². The van der Waals surface area contributed by atoms with Gasteiger partial charge in [0.05, 0.1) is 11.3 Å². The monoisotopic (exact) mass is 440 g/mol. The van der Waals surface area contributed by atoms with Crippen LogP contribution in [-0.2, 0) is 28.6 Å². The number of hydrogen-bond acceptors (Lipinski definition) is 6. The van der Waals surface area contributed by atoms with E-state index < -0.39 is 23.1 Å². The Bertz CT molecular complexity index is 591. The highest BCUT2D eigenvalue weighted by molar-refractivity contribution is 5.81. The molecule has 2 aliphatic rings. The molecule has 0 aromatic heterocycles. The summed E-state index contributed by atoms with van der Waals surface area (Å²) in [6.45, 7) is 13.8. The number of carbonyl (C=O) groups excluding carboxylic acids is 3. The zero-order valence-electron chi connectivity index (χ0n) is 20.8. The van der Waals surface area contributed by atoms with Crippen LogP contribution in [0.2, 0.25) is 0 Å². The second-order valence-electron chi connectivity index (χ2n) is 9.54. The van der Waals surface area contributed by atoms with Gasteiger partial charge in [-0.25, -0.2) is 4.79 Å². The van der Waals surface area contributed by atoms with Crippen molar-refractivity contribution in [3.8, 4) is 0 Å². The van der Waals surface area contributed by atoms with Crippen LogP contribution in [-0.4, -0.2) is 35.7 Å². The lowest BCUT2D eigenvalue weighted by Gasteiger charge is -2.32. The standard InChI is InChI=1S/C23H38O6.C2H6/c1-6-14-23(5,7-2)21(26)27-17-12-10-16(11-13-17)19(24)28-18-9-8-15-22(3,4)29-20(18)25;1-2/h16-18H,6-15H2,1-5H3;1-2H3. The highest BCUT2D eigenvalue weighted by Gasteiger charge is 2.38. The third kappa shape index (κ3) is 8.12. The lowest BCUT2D eigenvalue weighted by Crippen LogP contribution is -2.37. The Hall–Kier alpha value is -1.59. The van der Waals surface area contributed by atoms with Crippen LogP contribution >= 0.6 is 0 Å². The van der Waals surface area contributed by atoms with Crippen LogP contribution in [0.4, 0.5) is 0 Å². The predicted molar refractivity (Wildman–Crippen MR) is 120 cm³/mol. The highest BCUT2D eigenvalue weighted by atomic mass is 16.6. The maximum atomic E-state index is 12.6. The van der Waals surface area contributed by atoms with Gasteiger partial charge in [0.2, 0.25) is 0 Å². The Morgan fingerprint density at radius 3 is 2.23 bits per heavy atom. The molecule has 0 aromatic rings. The second-order valence-corrected chi connectivity index (χ2v) is 9.54. The first-order valence-electron chi connectivity index (χ1n) is 12.2. The third-order valence-electron chi connectivity index (χ3n) is 6.50. The van der Waals surface area contributed by atoms with E-state index in [1.807, 2.05) is 41.5 Å². The van der Waals surface area contributed by atoms with Gasteiger partial charge in [0.15, 0.2) is 6.10 Å². The average molecular weight is 441 g/mol. The van der Waals surface area contributed by atoms with Gasteiger partial charge in [-0.3, -0.25) is 9.59 Å². The van der Waals surface area contributed by atoms with E-state index in [0.717, 1.165) is 32.1 Å². The topological polar surface area (TPSA) is 78.9 Å². The summed E-state index contributed by atoms with van der Waals surface area (Å²) in [5, 5.41) is 0. The molecular formula is C25H44O6. The molecule has 0 spiro atoms. The number of ether oxygens (including phenoxy) is 3. The second kappa shape index (κ2) is 12.4. The fourth-order valence-corrected chi connectivity index (χ4v) is 4.25. The van der Waals surface area contributed by atoms with E-state index in [-0.39, 0.29) is 24.0 Å². The number of esters is 3. The van der Waals surface area contributed by atoms with Crippen LogP contribution in [0.5, 0.6) is 0 Å². The summed E-state index contributed by atoms with van der Waals surface area (Å²) in [6, 6.07) is 0. The number of rotatable bonds is 7. The molecule has 2 fully saturated rings. The number of cyclic esters (lactones) is 1. The number of carbonyl (C=O) groups is 3. The van der Waals surface area contributed by atoms with E-state index in [0.29, 0.717) is 32.1 Å². The SMILES string of the molecule is CC.CCCC(C)(CC)C(=O)OC1CCC(C(=O)OC2CCCC(C)(C)OC2=O)CC1. The third-order valence-corrected chi connectivity index (χ3v) is 6.50. The molecule has 1 heterocycles. The van der Waals surface area contributed by atoms with Gasteiger partial charge in [0.1, 0.15) is 11.7 Å². The van der Waals surface area contributed by atoms with Crippen LogP contribution < -0.4 is 0 Å². The zero-order valence-corrected chi connectivity index (χ0v) is 20.8. The minimum Gasteiger partial charge on any atom is -0.462 e. The van der Waals surface area contributed by atoms with Crippen LogP contribution in [0.25, 0.3) is 0 Å². The lowest BCUT2D eigenvalue weighted by molar-refractivity contribution is -0.178. The van der Waals surface area contributed by atoms with E-state index in [4.69, 9.17) is 14.2 Å². The normalized spacial score (nSPS) is 27.5. The van der Waals surface area contributed by atoms with Crippen molar-refractivity contribution < 1.29 is 28.6 Å². The molecule has 0 bridgehead atoms. The molecule has 6 heteroatoms. The Kier molecular flexibility index (Phi) is 11.0. The molecule has 1 aliphatic carbocycles. The summed E-state index contributed by atoms with van der Waals surface area (Å²) in [4.78, 5) is 37.4. The summed E-state index contributed by atoms with van der Waals surface area (Å²) in [5.74, 6) is -1.15. The summed E-state index contributed by atoms with van der Waals surface area (Å²) in [6.07, 6.45) is 6.16. The summed E-state index contributed by atoms with van der Waals surface area (Å²) < 4.78 is 16.7. The zero-order chi connectivity index (χ0) is 23.7. The minimum atomic E-state index is -0.806. The molecule has 2 rings (SSSR count). The quantitative estimate of drug-likeness (QED) is 0.370. The maximum Gasteiger partial charge on any atom is 0.347 e. The molecule has 1 saturated carbocycles. The predicted octanol–water partition coefficient (Wildman–Crippen LogP) is 5.75. The molecule has 6 nitrogen and oxygen atoms in total.